The molecule has 0 aliphatic heterocycles. The molecule has 0 saturated carbocycles. The van der Waals surface area contributed by atoms with Crippen LogP contribution < -0.4 is 5.73 Å². The van der Waals surface area contributed by atoms with Gasteiger partial charge in [0.25, 0.3) is 5.69 Å². The first-order valence-corrected chi connectivity index (χ1v) is 5.96. The number of nitrogens with two attached hydrogens (primary N) is 1. The van der Waals surface area contributed by atoms with Crippen molar-refractivity contribution in [2.24, 2.45) is 0 Å². The first-order valence-electron chi connectivity index (χ1n) is 4.76. The van der Waals surface area contributed by atoms with Crippen molar-refractivity contribution in [1.82, 2.24) is 0 Å². The predicted octanol–water partition coefficient (Wildman–Crippen LogP) is 3.43. The van der Waals surface area contributed by atoms with E-state index in [1.807, 2.05) is 6.07 Å². The molecule has 90 valence electrons. The second kappa shape index (κ2) is 4.64. The molecule has 2 aromatic rings. The molecule has 0 fully saturated rings. The fourth-order valence-corrected chi connectivity index (χ4v) is 2.57. The number of nitriles is 1. The second-order valence-corrected chi connectivity index (χ2v) is 4.91. The molecule has 0 radical (unpaired) electrons. The van der Waals surface area contributed by atoms with E-state index < -0.39 is 4.92 Å². The Balaban J connectivity index is 2.63. The Morgan fingerprint density at radius 3 is 2.72 bits per heavy atom. The summed E-state index contributed by atoms with van der Waals surface area (Å²) in [6.07, 6.45) is 0. The minimum atomic E-state index is -0.511. The van der Waals surface area contributed by atoms with Gasteiger partial charge in [-0.2, -0.15) is 5.26 Å². The molecule has 0 spiro atoms. The predicted molar refractivity (Wildman–Crippen MR) is 70.5 cm³/mol. The molecule has 0 saturated heterocycles. The van der Waals surface area contributed by atoms with Crippen LogP contribution in [-0.2, 0) is 0 Å². The van der Waals surface area contributed by atoms with E-state index in [0.29, 0.717) is 21.0 Å². The van der Waals surface area contributed by atoms with Crippen molar-refractivity contribution in [3.8, 4) is 16.5 Å². The molecule has 0 unspecified atom stereocenters. The lowest BCUT2D eigenvalue weighted by Crippen LogP contribution is -1.90. The number of nitrogen functional groups attached to an aromatic ring is 1. The van der Waals surface area contributed by atoms with E-state index in [1.165, 1.54) is 6.07 Å². The number of nitro benzene ring substituents is 1. The Bertz CT molecular complexity index is 675. The Morgan fingerprint density at radius 1 is 1.44 bits per heavy atom. The summed E-state index contributed by atoms with van der Waals surface area (Å²) in [6.45, 7) is 0. The molecule has 0 bridgehead atoms. The molecular formula is C11H6ClN3O2S. The smallest absolute Gasteiger partial charge is 0.279 e. The number of anilines is 1. The molecule has 7 heteroatoms. The zero-order chi connectivity index (χ0) is 13.3. The van der Waals surface area contributed by atoms with E-state index in [1.54, 1.807) is 18.2 Å². The van der Waals surface area contributed by atoms with Crippen LogP contribution in [0.3, 0.4) is 0 Å². The molecule has 1 heterocycles. The first kappa shape index (κ1) is 12.4. The van der Waals surface area contributed by atoms with Crippen molar-refractivity contribution in [1.29, 1.82) is 5.26 Å². The number of benzene rings is 1. The van der Waals surface area contributed by atoms with Crippen LogP contribution in [0.4, 0.5) is 11.4 Å². The van der Waals surface area contributed by atoms with E-state index in [0.717, 1.165) is 11.3 Å². The van der Waals surface area contributed by atoms with E-state index in [9.17, 15) is 10.1 Å². The molecular weight excluding hydrogens is 274 g/mol. The molecule has 18 heavy (non-hydrogen) atoms. The summed E-state index contributed by atoms with van der Waals surface area (Å²) in [6, 6.07) is 7.88. The highest BCUT2D eigenvalue weighted by molar-refractivity contribution is 7.16. The van der Waals surface area contributed by atoms with Gasteiger partial charge in [-0.3, -0.25) is 10.1 Å². The van der Waals surface area contributed by atoms with Gasteiger partial charge in [0, 0.05) is 16.0 Å². The molecule has 1 aromatic heterocycles. The molecule has 0 amide bonds. The van der Waals surface area contributed by atoms with Crippen molar-refractivity contribution >= 4 is 34.3 Å². The maximum absolute atomic E-state index is 11.0. The number of hydrogen-bond acceptors (Lipinski definition) is 5. The van der Waals surface area contributed by atoms with Gasteiger partial charge in [0.05, 0.1) is 16.2 Å². The molecule has 5 nitrogen and oxygen atoms in total. The molecule has 0 atom stereocenters. The van der Waals surface area contributed by atoms with E-state index in [2.05, 4.69) is 0 Å². The Hall–Kier alpha value is -2.10. The highest BCUT2D eigenvalue weighted by Gasteiger charge is 2.18. The van der Waals surface area contributed by atoms with Crippen LogP contribution in [0.25, 0.3) is 10.4 Å². The van der Waals surface area contributed by atoms with Gasteiger partial charge in [-0.05, 0) is 18.2 Å². The largest absolute Gasteiger partial charge is 0.397 e. The number of halogens is 1. The van der Waals surface area contributed by atoms with Crippen LogP contribution >= 0.6 is 22.9 Å². The fraction of sp³-hybridized carbons (Fsp3) is 0. The van der Waals surface area contributed by atoms with Crippen LogP contribution in [-0.4, -0.2) is 4.92 Å². The molecule has 0 aliphatic rings. The summed E-state index contributed by atoms with van der Waals surface area (Å²) in [4.78, 5) is 11.4. The average molecular weight is 280 g/mol. The second-order valence-electron chi connectivity index (χ2n) is 3.43. The Kier molecular flexibility index (Phi) is 3.19. The van der Waals surface area contributed by atoms with Gasteiger partial charge in [-0.15, -0.1) is 11.3 Å². The van der Waals surface area contributed by atoms with Gasteiger partial charge >= 0.3 is 0 Å². The lowest BCUT2D eigenvalue weighted by molar-refractivity contribution is -0.384. The minimum absolute atomic E-state index is 0.103. The SMILES string of the molecule is N#Cc1sc(-c2ccc(Cl)cc2[N+](=O)[O-])cc1N. The van der Waals surface area contributed by atoms with Gasteiger partial charge in [0.1, 0.15) is 10.9 Å². The average Bonchev–Trinajstić information content (AvgIpc) is 2.70. The maximum atomic E-state index is 11.0. The summed E-state index contributed by atoms with van der Waals surface area (Å²) in [5.41, 5.74) is 6.26. The third kappa shape index (κ3) is 2.14. The normalized spacial score (nSPS) is 10.0. The van der Waals surface area contributed by atoms with Crippen molar-refractivity contribution < 1.29 is 4.92 Å². The third-order valence-electron chi connectivity index (χ3n) is 2.28. The third-order valence-corrected chi connectivity index (χ3v) is 3.61. The van der Waals surface area contributed by atoms with E-state index >= 15 is 0 Å². The first-order chi connectivity index (χ1) is 8.52. The monoisotopic (exact) mass is 279 g/mol. The summed E-state index contributed by atoms with van der Waals surface area (Å²) >= 11 is 6.85. The number of thiophene rings is 1. The highest BCUT2D eigenvalue weighted by Crippen LogP contribution is 2.38. The molecule has 1 aromatic carbocycles. The quantitative estimate of drug-likeness (QED) is 0.673. The van der Waals surface area contributed by atoms with Crippen molar-refractivity contribution in [2.75, 3.05) is 5.73 Å². The summed E-state index contributed by atoms with van der Waals surface area (Å²) in [5, 5.41) is 20.1. The van der Waals surface area contributed by atoms with Crippen molar-refractivity contribution in [2.45, 2.75) is 0 Å². The van der Waals surface area contributed by atoms with Gasteiger partial charge in [0.2, 0.25) is 0 Å². The minimum Gasteiger partial charge on any atom is -0.397 e. The van der Waals surface area contributed by atoms with E-state index in [4.69, 9.17) is 22.6 Å². The van der Waals surface area contributed by atoms with E-state index in [-0.39, 0.29) is 10.7 Å². The summed E-state index contributed by atoms with van der Waals surface area (Å²) in [5.74, 6) is 0. The molecule has 2 rings (SSSR count). The number of rotatable bonds is 2. The number of hydrogen-bond donors (Lipinski definition) is 1. The topological polar surface area (TPSA) is 92.9 Å². The Morgan fingerprint density at radius 2 is 2.17 bits per heavy atom. The lowest BCUT2D eigenvalue weighted by atomic mass is 10.1. The fourth-order valence-electron chi connectivity index (χ4n) is 1.49. The summed E-state index contributed by atoms with van der Waals surface area (Å²) < 4.78 is 0. The Labute approximate surface area is 111 Å². The molecule has 2 N–H and O–H groups in total. The van der Waals surface area contributed by atoms with Crippen LogP contribution in [0, 0.1) is 21.4 Å². The maximum Gasteiger partial charge on any atom is 0.279 e. The van der Waals surface area contributed by atoms with Gasteiger partial charge < -0.3 is 5.73 Å². The van der Waals surface area contributed by atoms with Crippen molar-refractivity contribution in [3.63, 3.8) is 0 Å². The van der Waals surface area contributed by atoms with Gasteiger partial charge in [0.15, 0.2) is 0 Å². The van der Waals surface area contributed by atoms with Crippen LogP contribution in [0.1, 0.15) is 4.88 Å². The molecule has 0 aliphatic carbocycles. The number of nitrogens with zero attached hydrogens (tertiary/aromatic N) is 2. The number of nitro groups is 1. The van der Waals surface area contributed by atoms with Crippen molar-refractivity contribution in [3.05, 3.63) is 44.3 Å². The lowest BCUT2D eigenvalue weighted by Gasteiger charge is -2.00. The van der Waals surface area contributed by atoms with Gasteiger partial charge in [-0.1, -0.05) is 11.6 Å². The van der Waals surface area contributed by atoms with Crippen LogP contribution in [0.15, 0.2) is 24.3 Å². The van der Waals surface area contributed by atoms with Crippen LogP contribution in [0.5, 0.6) is 0 Å². The highest BCUT2D eigenvalue weighted by atomic mass is 35.5. The standard InChI is InChI=1S/C11H6ClN3O2S/c12-6-1-2-7(9(3-6)15(16)17)10-4-8(14)11(5-13)18-10/h1-4H,14H2. The zero-order valence-electron chi connectivity index (χ0n) is 8.88. The van der Waals surface area contributed by atoms with Gasteiger partial charge in [-0.25, -0.2) is 0 Å². The summed E-state index contributed by atoms with van der Waals surface area (Å²) in [7, 11) is 0. The zero-order valence-corrected chi connectivity index (χ0v) is 10.5. The van der Waals surface area contributed by atoms with Crippen LogP contribution in [0.2, 0.25) is 5.02 Å².